The lowest BCUT2D eigenvalue weighted by Gasteiger charge is -2.34. The van der Waals surface area contributed by atoms with Crippen LogP contribution >= 0.6 is 0 Å². The standard InChI is InChI=1S/C15H19N3O2/c1-17-15(20)12-3-2-6-18(9-12)14-5-4-11(10-19)7-13(14)8-16/h4-5,7,12,19H,2-3,6,9-10H2,1H3,(H,17,20). The van der Waals surface area contributed by atoms with Crippen LogP contribution in [-0.2, 0) is 11.4 Å². The number of nitriles is 1. The lowest BCUT2D eigenvalue weighted by Crippen LogP contribution is -2.42. The smallest absolute Gasteiger partial charge is 0.224 e. The number of aliphatic hydroxyl groups is 1. The molecule has 2 rings (SSSR count). The molecule has 1 atom stereocenters. The molecular weight excluding hydrogens is 254 g/mol. The third kappa shape index (κ3) is 2.91. The molecule has 0 radical (unpaired) electrons. The SMILES string of the molecule is CNC(=O)C1CCCN(c2ccc(CO)cc2C#N)C1. The molecule has 2 N–H and O–H groups in total. The van der Waals surface area contributed by atoms with Gasteiger partial charge in [-0.25, -0.2) is 0 Å². The van der Waals surface area contributed by atoms with E-state index in [1.165, 1.54) is 0 Å². The van der Waals surface area contributed by atoms with Crippen molar-refractivity contribution in [2.75, 3.05) is 25.0 Å². The number of piperidine rings is 1. The molecule has 1 aromatic carbocycles. The van der Waals surface area contributed by atoms with E-state index >= 15 is 0 Å². The van der Waals surface area contributed by atoms with Gasteiger partial charge in [-0.2, -0.15) is 5.26 Å². The summed E-state index contributed by atoms with van der Waals surface area (Å²) in [6, 6.07) is 7.56. The largest absolute Gasteiger partial charge is 0.392 e. The number of carbonyl (C=O) groups is 1. The summed E-state index contributed by atoms with van der Waals surface area (Å²) in [6.07, 6.45) is 1.82. The minimum atomic E-state index is -0.0736. The molecule has 1 fully saturated rings. The minimum absolute atomic E-state index is 0.0298. The minimum Gasteiger partial charge on any atom is -0.392 e. The zero-order chi connectivity index (χ0) is 14.5. The van der Waals surface area contributed by atoms with E-state index in [0.717, 1.165) is 30.6 Å². The van der Waals surface area contributed by atoms with Crippen LogP contribution in [0.1, 0.15) is 24.0 Å². The van der Waals surface area contributed by atoms with Gasteiger partial charge in [-0.05, 0) is 30.5 Å². The Balaban J connectivity index is 2.23. The number of carbonyl (C=O) groups excluding carboxylic acids is 1. The van der Waals surface area contributed by atoms with E-state index in [4.69, 9.17) is 5.11 Å². The van der Waals surface area contributed by atoms with Gasteiger partial charge < -0.3 is 15.3 Å². The Morgan fingerprint density at radius 1 is 1.60 bits per heavy atom. The number of rotatable bonds is 3. The summed E-state index contributed by atoms with van der Waals surface area (Å²) in [4.78, 5) is 13.8. The van der Waals surface area contributed by atoms with Gasteiger partial charge in [0.05, 0.1) is 23.8 Å². The van der Waals surface area contributed by atoms with Crippen molar-refractivity contribution in [1.29, 1.82) is 5.26 Å². The zero-order valence-corrected chi connectivity index (χ0v) is 11.6. The molecule has 0 aliphatic carbocycles. The van der Waals surface area contributed by atoms with Gasteiger partial charge in [0.2, 0.25) is 5.91 Å². The Morgan fingerprint density at radius 2 is 2.40 bits per heavy atom. The number of benzene rings is 1. The number of hydrogen-bond acceptors (Lipinski definition) is 4. The quantitative estimate of drug-likeness (QED) is 0.862. The number of nitrogens with zero attached hydrogens (tertiary/aromatic N) is 2. The van der Waals surface area contributed by atoms with Crippen molar-refractivity contribution in [2.45, 2.75) is 19.4 Å². The lowest BCUT2D eigenvalue weighted by molar-refractivity contribution is -0.124. The van der Waals surface area contributed by atoms with E-state index in [1.54, 1.807) is 13.1 Å². The summed E-state index contributed by atoms with van der Waals surface area (Å²) < 4.78 is 0. The monoisotopic (exact) mass is 273 g/mol. The molecule has 1 saturated heterocycles. The Morgan fingerprint density at radius 3 is 3.05 bits per heavy atom. The van der Waals surface area contributed by atoms with Crippen LogP contribution in [0.5, 0.6) is 0 Å². The Bertz CT molecular complexity index is 536. The molecule has 1 aromatic rings. The first kappa shape index (κ1) is 14.4. The highest BCUT2D eigenvalue weighted by molar-refractivity contribution is 5.79. The van der Waals surface area contributed by atoms with Crippen LogP contribution < -0.4 is 10.2 Å². The van der Waals surface area contributed by atoms with Crippen molar-refractivity contribution in [3.63, 3.8) is 0 Å². The fraction of sp³-hybridized carbons (Fsp3) is 0.467. The molecule has 0 bridgehead atoms. The lowest BCUT2D eigenvalue weighted by atomic mass is 9.96. The predicted molar refractivity (Wildman–Crippen MR) is 76.1 cm³/mol. The number of nitrogens with one attached hydrogen (secondary N) is 1. The summed E-state index contributed by atoms with van der Waals surface area (Å²) in [7, 11) is 1.65. The van der Waals surface area contributed by atoms with Crippen LogP contribution in [0.3, 0.4) is 0 Å². The number of anilines is 1. The second-order valence-electron chi connectivity index (χ2n) is 5.02. The van der Waals surface area contributed by atoms with Crippen LogP contribution in [0, 0.1) is 17.2 Å². The van der Waals surface area contributed by atoms with Crippen molar-refractivity contribution >= 4 is 11.6 Å². The molecular formula is C15H19N3O2. The zero-order valence-electron chi connectivity index (χ0n) is 11.6. The maximum absolute atomic E-state index is 11.8. The average Bonchev–Trinajstić information content (AvgIpc) is 2.53. The molecule has 0 spiro atoms. The number of aliphatic hydroxyl groups excluding tert-OH is 1. The van der Waals surface area contributed by atoms with Crippen LogP contribution in [0.15, 0.2) is 18.2 Å². The van der Waals surface area contributed by atoms with E-state index in [9.17, 15) is 10.1 Å². The van der Waals surface area contributed by atoms with Gasteiger partial charge in [0.25, 0.3) is 0 Å². The van der Waals surface area contributed by atoms with Gasteiger partial charge in [0.15, 0.2) is 0 Å². The molecule has 5 nitrogen and oxygen atoms in total. The first-order chi connectivity index (χ1) is 9.69. The second-order valence-corrected chi connectivity index (χ2v) is 5.02. The van der Waals surface area contributed by atoms with Gasteiger partial charge in [-0.1, -0.05) is 6.07 Å². The van der Waals surface area contributed by atoms with Gasteiger partial charge in [0, 0.05) is 20.1 Å². The van der Waals surface area contributed by atoms with E-state index in [2.05, 4.69) is 16.3 Å². The van der Waals surface area contributed by atoms with E-state index < -0.39 is 0 Å². The van der Waals surface area contributed by atoms with Crippen molar-refractivity contribution in [1.82, 2.24) is 5.32 Å². The van der Waals surface area contributed by atoms with Gasteiger partial charge in [0.1, 0.15) is 6.07 Å². The molecule has 1 amide bonds. The van der Waals surface area contributed by atoms with Crippen LogP contribution in [0.2, 0.25) is 0 Å². The molecule has 1 unspecified atom stereocenters. The molecule has 1 aliphatic rings. The van der Waals surface area contributed by atoms with E-state index in [1.807, 2.05) is 12.1 Å². The summed E-state index contributed by atoms with van der Waals surface area (Å²) >= 11 is 0. The molecule has 1 aliphatic heterocycles. The normalized spacial score (nSPS) is 18.4. The fourth-order valence-electron chi connectivity index (χ4n) is 2.66. The van der Waals surface area contributed by atoms with E-state index in [0.29, 0.717) is 12.1 Å². The third-order valence-electron chi connectivity index (χ3n) is 3.74. The first-order valence-corrected chi connectivity index (χ1v) is 6.80. The fourth-order valence-corrected chi connectivity index (χ4v) is 2.66. The van der Waals surface area contributed by atoms with Gasteiger partial charge in [-0.15, -0.1) is 0 Å². The van der Waals surface area contributed by atoms with Crippen molar-refractivity contribution in [3.05, 3.63) is 29.3 Å². The van der Waals surface area contributed by atoms with Crippen molar-refractivity contribution < 1.29 is 9.90 Å². The highest BCUT2D eigenvalue weighted by atomic mass is 16.3. The first-order valence-electron chi connectivity index (χ1n) is 6.80. The molecule has 5 heteroatoms. The van der Waals surface area contributed by atoms with Crippen LogP contribution in [0.25, 0.3) is 0 Å². The highest BCUT2D eigenvalue weighted by Gasteiger charge is 2.26. The topological polar surface area (TPSA) is 76.4 Å². The Labute approximate surface area is 118 Å². The predicted octanol–water partition coefficient (Wildman–Crippen LogP) is 1.01. The molecule has 1 heterocycles. The summed E-state index contributed by atoms with van der Waals surface area (Å²) in [5.41, 5.74) is 2.12. The highest BCUT2D eigenvalue weighted by Crippen LogP contribution is 2.27. The second kappa shape index (κ2) is 6.40. The average molecular weight is 273 g/mol. The summed E-state index contributed by atoms with van der Waals surface area (Å²) in [6.45, 7) is 1.41. The molecule has 0 saturated carbocycles. The van der Waals surface area contributed by atoms with Gasteiger partial charge in [-0.3, -0.25) is 4.79 Å². The third-order valence-corrected chi connectivity index (χ3v) is 3.74. The van der Waals surface area contributed by atoms with Gasteiger partial charge >= 0.3 is 0 Å². The summed E-state index contributed by atoms with van der Waals surface area (Å²) in [5, 5.41) is 21.1. The Kier molecular flexibility index (Phi) is 4.59. The number of hydrogen-bond donors (Lipinski definition) is 2. The maximum Gasteiger partial charge on any atom is 0.224 e. The number of amides is 1. The molecule has 0 aromatic heterocycles. The van der Waals surface area contributed by atoms with Crippen molar-refractivity contribution in [2.24, 2.45) is 5.92 Å². The van der Waals surface area contributed by atoms with Crippen LogP contribution in [-0.4, -0.2) is 31.2 Å². The van der Waals surface area contributed by atoms with Crippen LogP contribution in [0.4, 0.5) is 5.69 Å². The molecule has 106 valence electrons. The summed E-state index contributed by atoms with van der Waals surface area (Å²) in [5.74, 6) is 0.0259. The maximum atomic E-state index is 11.8. The van der Waals surface area contributed by atoms with E-state index in [-0.39, 0.29) is 18.4 Å². The Hall–Kier alpha value is -2.06. The molecule has 20 heavy (non-hydrogen) atoms. The van der Waals surface area contributed by atoms with Crippen molar-refractivity contribution in [3.8, 4) is 6.07 Å².